The van der Waals surface area contributed by atoms with Crippen LogP contribution in [0.5, 0.6) is 0 Å². The number of hydrogen-bond donors (Lipinski definition) is 1. The summed E-state index contributed by atoms with van der Waals surface area (Å²) in [6.45, 7) is 4.10. The molecular formula is C19H24N4O. The molecular weight excluding hydrogens is 300 g/mol. The second kappa shape index (κ2) is 6.77. The predicted molar refractivity (Wildman–Crippen MR) is 93.9 cm³/mol. The second-order valence-corrected chi connectivity index (χ2v) is 7.00. The van der Waals surface area contributed by atoms with Crippen molar-refractivity contribution in [2.24, 2.45) is 5.92 Å². The lowest BCUT2D eigenvalue weighted by Gasteiger charge is -2.32. The van der Waals surface area contributed by atoms with Crippen LogP contribution < -0.4 is 4.90 Å². The third-order valence-corrected chi connectivity index (χ3v) is 5.34. The van der Waals surface area contributed by atoms with Crippen LogP contribution in [0.3, 0.4) is 0 Å². The summed E-state index contributed by atoms with van der Waals surface area (Å²) in [6.07, 6.45) is 4.86. The molecule has 4 rings (SSSR count). The first-order valence-corrected chi connectivity index (χ1v) is 8.86. The van der Waals surface area contributed by atoms with Crippen molar-refractivity contribution >= 4 is 11.6 Å². The number of benzene rings is 1. The van der Waals surface area contributed by atoms with E-state index in [9.17, 15) is 4.79 Å². The van der Waals surface area contributed by atoms with Crippen LogP contribution in [0.25, 0.3) is 0 Å². The number of piperidine rings is 1. The molecule has 2 saturated heterocycles. The highest BCUT2D eigenvalue weighted by molar-refractivity contribution is 5.95. The van der Waals surface area contributed by atoms with Crippen molar-refractivity contribution in [3.63, 3.8) is 0 Å². The summed E-state index contributed by atoms with van der Waals surface area (Å²) in [4.78, 5) is 16.8. The smallest absolute Gasteiger partial charge is 0.227 e. The Morgan fingerprint density at radius 3 is 2.62 bits per heavy atom. The van der Waals surface area contributed by atoms with Crippen LogP contribution in [0.1, 0.15) is 30.9 Å². The summed E-state index contributed by atoms with van der Waals surface area (Å²) in [7, 11) is 0. The molecule has 5 heteroatoms. The average molecular weight is 324 g/mol. The maximum absolute atomic E-state index is 12.3. The van der Waals surface area contributed by atoms with Crippen molar-refractivity contribution in [1.82, 2.24) is 15.1 Å². The maximum Gasteiger partial charge on any atom is 0.227 e. The Labute approximate surface area is 142 Å². The number of para-hydroxylation sites is 1. The molecule has 2 aliphatic rings. The molecule has 2 aromatic rings. The van der Waals surface area contributed by atoms with Gasteiger partial charge in [-0.05, 0) is 50.0 Å². The van der Waals surface area contributed by atoms with Gasteiger partial charge in [0.05, 0.1) is 0 Å². The Balaban J connectivity index is 1.30. The van der Waals surface area contributed by atoms with E-state index in [1.54, 1.807) is 0 Å². The van der Waals surface area contributed by atoms with Gasteiger partial charge in [0.2, 0.25) is 5.91 Å². The molecule has 1 N–H and O–H groups in total. The van der Waals surface area contributed by atoms with Crippen LogP contribution in [0, 0.1) is 5.92 Å². The molecule has 126 valence electrons. The lowest BCUT2D eigenvalue weighted by atomic mass is 9.93. The number of carbonyl (C=O) groups is 1. The van der Waals surface area contributed by atoms with Crippen molar-refractivity contribution in [2.45, 2.75) is 25.2 Å². The monoisotopic (exact) mass is 324 g/mol. The first kappa shape index (κ1) is 15.4. The highest BCUT2D eigenvalue weighted by atomic mass is 16.2. The number of nitrogens with zero attached hydrogens (tertiary/aromatic N) is 3. The number of hydrogen-bond acceptors (Lipinski definition) is 3. The number of rotatable bonds is 4. The fourth-order valence-electron chi connectivity index (χ4n) is 4.05. The normalized spacial score (nSPS) is 23.1. The summed E-state index contributed by atoms with van der Waals surface area (Å²) in [5, 5.41) is 7.17. The van der Waals surface area contributed by atoms with E-state index in [1.165, 1.54) is 18.5 Å². The van der Waals surface area contributed by atoms with Crippen LogP contribution >= 0.6 is 0 Å². The van der Waals surface area contributed by atoms with Gasteiger partial charge < -0.3 is 9.80 Å². The van der Waals surface area contributed by atoms with Crippen molar-refractivity contribution in [3.05, 3.63) is 48.3 Å². The van der Waals surface area contributed by atoms with Gasteiger partial charge in [0.1, 0.15) is 0 Å². The predicted octanol–water partition coefficient (Wildman–Crippen LogP) is 2.64. The SMILES string of the molecule is O=C1C[C@@H](CN2CCC(c3ccn[nH]3)CC2)CN1c1ccccc1. The quantitative estimate of drug-likeness (QED) is 0.941. The Kier molecular flexibility index (Phi) is 4.34. The highest BCUT2D eigenvalue weighted by Crippen LogP contribution is 2.29. The molecule has 24 heavy (non-hydrogen) atoms. The highest BCUT2D eigenvalue weighted by Gasteiger charge is 2.32. The van der Waals surface area contributed by atoms with Gasteiger partial charge in [0.15, 0.2) is 0 Å². The number of anilines is 1. The molecule has 1 aromatic heterocycles. The molecule has 0 unspecified atom stereocenters. The fraction of sp³-hybridized carbons (Fsp3) is 0.474. The summed E-state index contributed by atoms with van der Waals surface area (Å²) < 4.78 is 0. The Hall–Kier alpha value is -2.14. The lowest BCUT2D eigenvalue weighted by molar-refractivity contribution is -0.117. The molecule has 0 saturated carbocycles. The fourth-order valence-corrected chi connectivity index (χ4v) is 4.05. The molecule has 1 amide bonds. The standard InChI is InChI=1S/C19H24N4O/c24-19-12-15(14-23(19)17-4-2-1-3-5-17)13-22-10-7-16(8-11-22)18-6-9-20-21-18/h1-6,9,15-16H,7-8,10-14H2,(H,20,21)/t15-/m0/s1. The van der Waals surface area contributed by atoms with E-state index in [2.05, 4.69) is 21.2 Å². The van der Waals surface area contributed by atoms with Crippen molar-refractivity contribution < 1.29 is 4.79 Å². The van der Waals surface area contributed by atoms with Crippen molar-refractivity contribution in [3.8, 4) is 0 Å². The first-order valence-electron chi connectivity index (χ1n) is 8.86. The van der Waals surface area contributed by atoms with Crippen LogP contribution in [-0.2, 0) is 4.79 Å². The Morgan fingerprint density at radius 1 is 1.12 bits per heavy atom. The van der Waals surface area contributed by atoms with Gasteiger partial charge in [-0.2, -0.15) is 5.10 Å². The summed E-state index contributed by atoms with van der Waals surface area (Å²) in [6, 6.07) is 12.1. The van der Waals surface area contributed by atoms with Gasteiger partial charge in [0, 0.05) is 43.0 Å². The van der Waals surface area contributed by atoms with Crippen LogP contribution in [0.2, 0.25) is 0 Å². The van der Waals surface area contributed by atoms with Gasteiger partial charge in [-0.1, -0.05) is 18.2 Å². The Morgan fingerprint density at radius 2 is 1.92 bits per heavy atom. The molecule has 1 aromatic carbocycles. The third kappa shape index (κ3) is 3.22. The number of likely N-dealkylation sites (tertiary alicyclic amines) is 1. The molecule has 2 fully saturated rings. The van der Waals surface area contributed by atoms with E-state index in [0.717, 1.165) is 31.9 Å². The van der Waals surface area contributed by atoms with Gasteiger partial charge >= 0.3 is 0 Å². The lowest BCUT2D eigenvalue weighted by Crippen LogP contribution is -2.37. The molecule has 2 aliphatic heterocycles. The zero-order valence-corrected chi connectivity index (χ0v) is 13.9. The van der Waals surface area contributed by atoms with E-state index in [4.69, 9.17) is 0 Å². The van der Waals surface area contributed by atoms with Crippen molar-refractivity contribution in [2.75, 3.05) is 31.1 Å². The number of H-pyrrole nitrogens is 1. The number of aromatic nitrogens is 2. The molecule has 0 radical (unpaired) electrons. The molecule has 3 heterocycles. The van der Waals surface area contributed by atoms with E-state index in [1.807, 2.05) is 41.4 Å². The van der Waals surface area contributed by atoms with E-state index >= 15 is 0 Å². The maximum atomic E-state index is 12.3. The molecule has 0 aliphatic carbocycles. The molecule has 0 spiro atoms. The topological polar surface area (TPSA) is 52.2 Å². The summed E-state index contributed by atoms with van der Waals surface area (Å²) >= 11 is 0. The number of carbonyl (C=O) groups excluding carboxylic acids is 1. The summed E-state index contributed by atoms with van der Waals surface area (Å²) in [5.74, 6) is 1.31. The van der Waals surface area contributed by atoms with E-state index in [-0.39, 0.29) is 5.91 Å². The van der Waals surface area contributed by atoms with Crippen LogP contribution in [0.4, 0.5) is 5.69 Å². The molecule has 1 atom stereocenters. The van der Waals surface area contributed by atoms with E-state index in [0.29, 0.717) is 18.3 Å². The molecule has 5 nitrogen and oxygen atoms in total. The minimum atomic E-state index is 0.263. The zero-order valence-electron chi connectivity index (χ0n) is 13.9. The number of amides is 1. The van der Waals surface area contributed by atoms with Gasteiger partial charge in [-0.3, -0.25) is 9.89 Å². The molecule has 0 bridgehead atoms. The zero-order chi connectivity index (χ0) is 16.4. The summed E-state index contributed by atoms with van der Waals surface area (Å²) in [5.41, 5.74) is 2.30. The average Bonchev–Trinajstić information content (AvgIpc) is 3.26. The Bertz CT molecular complexity index is 662. The van der Waals surface area contributed by atoms with Crippen LogP contribution in [0.15, 0.2) is 42.6 Å². The van der Waals surface area contributed by atoms with Gasteiger partial charge in [-0.15, -0.1) is 0 Å². The van der Waals surface area contributed by atoms with E-state index < -0.39 is 0 Å². The minimum absolute atomic E-state index is 0.263. The second-order valence-electron chi connectivity index (χ2n) is 7.00. The number of aromatic amines is 1. The largest absolute Gasteiger partial charge is 0.312 e. The third-order valence-electron chi connectivity index (χ3n) is 5.34. The number of nitrogens with one attached hydrogen (secondary N) is 1. The van der Waals surface area contributed by atoms with Crippen molar-refractivity contribution in [1.29, 1.82) is 0 Å². The first-order chi connectivity index (χ1) is 11.8. The van der Waals surface area contributed by atoms with Gasteiger partial charge in [-0.25, -0.2) is 0 Å². The minimum Gasteiger partial charge on any atom is -0.312 e. The van der Waals surface area contributed by atoms with Gasteiger partial charge in [0.25, 0.3) is 0 Å². The van der Waals surface area contributed by atoms with Crippen LogP contribution in [-0.4, -0.2) is 47.2 Å².